The molecule has 0 nitrogen and oxygen atoms in total. The molecule has 0 N–H and O–H groups in total. The van der Waals surface area contributed by atoms with Gasteiger partial charge in [0.15, 0.2) is 0 Å². The van der Waals surface area contributed by atoms with Crippen LogP contribution in [0.5, 0.6) is 0 Å². The van der Waals surface area contributed by atoms with Crippen molar-refractivity contribution in [2.45, 2.75) is 134 Å². The third-order valence-electron chi connectivity index (χ3n) is 13.5. The van der Waals surface area contributed by atoms with Gasteiger partial charge in [-0.1, -0.05) is 102 Å². The third-order valence-corrected chi connectivity index (χ3v) is 18.7. The van der Waals surface area contributed by atoms with E-state index in [1.165, 1.54) is 38.5 Å². The monoisotopic (exact) mass is 504 g/mol. The first-order chi connectivity index (χ1) is 17.5. The van der Waals surface area contributed by atoms with Crippen molar-refractivity contribution in [3.8, 4) is 0 Å². The van der Waals surface area contributed by atoms with Crippen LogP contribution in [0.2, 0.25) is 24.2 Å². The summed E-state index contributed by atoms with van der Waals surface area (Å²) in [7, 11) is -1.34. The summed E-state index contributed by atoms with van der Waals surface area (Å²) in [5.41, 5.74) is 3.87. The number of benzene rings is 1. The number of hydrogen-bond acceptors (Lipinski definition) is 0. The molecule has 5 fully saturated rings. The first-order valence-electron chi connectivity index (χ1n) is 16.6. The molecule has 0 bridgehead atoms. The van der Waals surface area contributed by atoms with Crippen LogP contribution in [0.1, 0.15) is 115 Å². The van der Waals surface area contributed by atoms with Crippen molar-refractivity contribution in [3.05, 3.63) is 35.9 Å². The molecular weight excluding hydrogens is 448 g/mol. The first-order valence-corrected chi connectivity index (χ1v) is 19.7. The maximum Gasteiger partial charge on any atom is 0.0541 e. The molecule has 0 aliphatic heterocycles. The van der Waals surface area contributed by atoms with Gasteiger partial charge in [0, 0.05) is 0 Å². The Morgan fingerprint density at radius 2 is 1.33 bits per heavy atom. The maximum atomic E-state index is 2.93. The molecule has 0 spiro atoms. The van der Waals surface area contributed by atoms with Gasteiger partial charge in [0.25, 0.3) is 0 Å². The Kier molecular flexibility index (Phi) is 7.53. The van der Waals surface area contributed by atoms with Crippen LogP contribution < -0.4 is 0 Å². The Morgan fingerprint density at radius 1 is 0.694 bits per heavy atom. The van der Waals surface area contributed by atoms with Gasteiger partial charge in [-0.15, -0.1) is 0 Å². The van der Waals surface area contributed by atoms with E-state index in [9.17, 15) is 0 Å². The van der Waals surface area contributed by atoms with Gasteiger partial charge in [0.1, 0.15) is 0 Å². The molecule has 5 aliphatic carbocycles. The molecule has 0 amide bonds. The second kappa shape index (κ2) is 10.5. The van der Waals surface area contributed by atoms with Gasteiger partial charge in [-0.3, -0.25) is 0 Å². The Labute approximate surface area is 224 Å². The van der Waals surface area contributed by atoms with E-state index >= 15 is 0 Å². The van der Waals surface area contributed by atoms with Crippen molar-refractivity contribution in [1.82, 2.24) is 0 Å². The van der Waals surface area contributed by atoms with Gasteiger partial charge in [0.2, 0.25) is 0 Å². The predicted molar refractivity (Wildman–Crippen MR) is 158 cm³/mol. The summed E-state index contributed by atoms with van der Waals surface area (Å²) in [5, 5.41) is 0. The Morgan fingerprint density at radius 3 is 2.03 bits per heavy atom. The number of hydrogen-bond donors (Lipinski definition) is 0. The topological polar surface area (TPSA) is 0 Å². The highest BCUT2D eigenvalue weighted by Gasteiger charge is 2.58. The van der Waals surface area contributed by atoms with E-state index in [2.05, 4.69) is 57.3 Å². The Bertz CT molecular complexity index is 859. The van der Waals surface area contributed by atoms with Crippen molar-refractivity contribution in [2.24, 2.45) is 47.3 Å². The zero-order valence-electron chi connectivity index (χ0n) is 24.1. The lowest BCUT2D eigenvalue weighted by molar-refractivity contribution is 0.123. The first kappa shape index (κ1) is 25.7. The molecule has 0 saturated heterocycles. The zero-order valence-corrected chi connectivity index (χ0v) is 25.1. The largest absolute Gasteiger partial charge is 0.0689 e. The van der Waals surface area contributed by atoms with Crippen LogP contribution >= 0.6 is 0 Å². The summed E-state index contributed by atoms with van der Waals surface area (Å²) in [5.74, 6) is 9.39. The lowest BCUT2D eigenvalue weighted by Crippen LogP contribution is -2.44. The summed E-state index contributed by atoms with van der Waals surface area (Å²) >= 11 is 0. The fourth-order valence-electron chi connectivity index (χ4n) is 11.8. The Balaban J connectivity index is 1.27. The molecular formula is C35H56Si. The average Bonchev–Trinajstić information content (AvgIpc) is 3.62. The van der Waals surface area contributed by atoms with Crippen molar-refractivity contribution >= 4 is 8.07 Å². The average molecular weight is 505 g/mol. The Hall–Kier alpha value is -0.563. The molecule has 0 aromatic heterocycles. The molecule has 1 aromatic carbocycles. The van der Waals surface area contributed by atoms with E-state index in [4.69, 9.17) is 0 Å². The van der Waals surface area contributed by atoms with E-state index in [0.29, 0.717) is 0 Å². The summed E-state index contributed by atoms with van der Waals surface area (Å²) in [6, 6.07) is 11.6. The van der Waals surface area contributed by atoms with Gasteiger partial charge < -0.3 is 0 Å². The molecule has 11 atom stereocenters. The summed E-state index contributed by atoms with van der Waals surface area (Å²) in [4.78, 5) is 0. The molecule has 1 aromatic rings. The van der Waals surface area contributed by atoms with E-state index in [1.807, 2.05) is 0 Å². The van der Waals surface area contributed by atoms with Gasteiger partial charge in [-0.2, -0.15) is 0 Å². The molecule has 0 heterocycles. The zero-order chi connectivity index (χ0) is 24.9. The van der Waals surface area contributed by atoms with Crippen molar-refractivity contribution < 1.29 is 0 Å². The smallest absolute Gasteiger partial charge is 0.0541 e. The van der Waals surface area contributed by atoms with Crippen LogP contribution in [0.4, 0.5) is 0 Å². The minimum atomic E-state index is -1.34. The molecule has 200 valence electrons. The van der Waals surface area contributed by atoms with Gasteiger partial charge in [0.05, 0.1) is 8.07 Å². The fraction of sp³-hybridized carbons (Fsp3) is 0.829. The predicted octanol–water partition coefficient (Wildman–Crippen LogP) is 10.7. The molecule has 5 aliphatic rings. The minimum absolute atomic E-state index is 0.778. The SMILES string of the molecule is CCC(CC1CC([Si](C)(C)C2CC(CC)C3CCCCC32)C2CC3CCCC3CC12)c1ccccc1. The summed E-state index contributed by atoms with van der Waals surface area (Å²) in [6.07, 6.45) is 21.6. The molecule has 36 heavy (non-hydrogen) atoms. The second-order valence-corrected chi connectivity index (χ2v) is 20.2. The van der Waals surface area contributed by atoms with Crippen molar-refractivity contribution in [1.29, 1.82) is 0 Å². The highest BCUT2D eigenvalue weighted by atomic mass is 28.3. The maximum absolute atomic E-state index is 2.93. The van der Waals surface area contributed by atoms with Crippen molar-refractivity contribution in [2.75, 3.05) is 0 Å². The van der Waals surface area contributed by atoms with Gasteiger partial charge in [-0.05, 0) is 115 Å². The highest BCUT2D eigenvalue weighted by molar-refractivity contribution is 6.80. The molecule has 1 heteroatoms. The van der Waals surface area contributed by atoms with Gasteiger partial charge in [-0.25, -0.2) is 0 Å². The molecule has 0 radical (unpaired) electrons. The van der Waals surface area contributed by atoms with E-state index in [-0.39, 0.29) is 0 Å². The van der Waals surface area contributed by atoms with Crippen LogP contribution in [0.15, 0.2) is 30.3 Å². The minimum Gasteiger partial charge on any atom is -0.0689 e. The lowest BCUT2D eigenvalue weighted by Gasteiger charge is -2.46. The van der Waals surface area contributed by atoms with Crippen LogP contribution in [-0.2, 0) is 0 Å². The summed E-state index contributed by atoms with van der Waals surface area (Å²) < 4.78 is 0. The van der Waals surface area contributed by atoms with Gasteiger partial charge >= 0.3 is 0 Å². The summed E-state index contributed by atoms with van der Waals surface area (Å²) in [6.45, 7) is 10.8. The van der Waals surface area contributed by atoms with Crippen LogP contribution in [0.3, 0.4) is 0 Å². The molecule has 11 unspecified atom stereocenters. The molecule has 5 saturated carbocycles. The van der Waals surface area contributed by atoms with E-state index in [1.54, 1.807) is 56.9 Å². The fourth-order valence-corrected chi connectivity index (χ4v) is 17.1. The third kappa shape index (κ3) is 4.50. The van der Waals surface area contributed by atoms with Crippen LogP contribution in [-0.4, -0.2) is 8.07 Å². The highest BCUT2D eigenvalue weighted by Crippen LogP contribution is 2.66. The quantitative estimate of drug-likeness (QED) is 0.324. The standard InChI is InChI=1S/C35H56Si/c1-5-24(26-13-8-7-9-14-26)19-29-23-35(33-21-28-16-12-15-27(28)20-32(29)33)36(3,4)34-22-25(6-2)30-17-10-11-18-31(30)34/h7-9,13-14,24-25,27-35H,5-6,10-12,15-23H2,1-4H3. The van der Waals surface area contributed by atoms with Crippen LogP contribution in [0.25, 0.3) is 0 Å². The van der Waals surface area contributed by atoms with E-state index < -0.39 is 8.07 Å². The normalized spacial score (nSPS) is 43.1. The number of rotatable bonds is 7. The molecule has 6 rings (SSSR count). The van der Waals surface area contributed by atoms with Crippen molar-refractivity contribution in [3.63, 3.8) is 0 Å². The number of fused-ring (bicyclic) bond motifs is 3. The lowest BCUT2D eigenvalue weighted by atomic mass is 9.67. The second-order valence-electron chi connectivity index (χ2n) is 15.0. The van der Waals surface area contributed by atoms with Crippen LogP contribution in [0, 0.1) is 47.3 Å². The van der Waals surface area contributed by atoms with E-state index in [0.717, 1.165) is 64.3 Å².